The molecule has 1 saturated carbocycles. The zero-order valence-electron chi connectivity index (χ0n) is 40.2. The van der Waals surface area contributed by atoms with Gasteiger partial charge in [-0.1, -0.05) is 78.7 Å². The van der Waals surface area contributed by atoms with Crippen LogP contribution in [0.3, 0.4) is 0 Å². The number of aromatic nitrogens is 6. The molecule has 5 heterocycles. The van der Waals surface area contributed by atoms with Crippen LogP contribution in [-0.4, -0.2) is 110 Å². The quantitative estimate of drug-likeness (QED) is 0.0690. The number of carbonyl (C=O) groups excluding carboxylic acids is 2. The van der Waals surface area contributed by atoms with Gasteiger partial charge in [0.05, 0.1) is 66.4 Å². The first kappa shape index (κ1) is 47.4. The Morgan fingerprint density at radius 3 is 2.09 bits per heavy atom. The van der Waals surface area contributed by atoms with Crippen LogP contribution in [0, 0.1) is 11.8 Å². The molecule has 4 fully saturated rings. The first-order valence-corrected chi connectivity index (χ1v) is 25.3. The Kier molecular flexibility index (Phi) is 15.8. The van der Waals surface area contributed by atoms with Crippen molar-refractivity contribution in [3.63, 3.8) is 0 Å². The van der Waals surface area contributed by atoms with E-state index in [0.29, 0.717) is 19.3 Å². The van der Waals surface area contributed by atoms with Crippen LogP contribution < -0.4 is 20.9 Å². The molecule has 3 aliphatic heterocycles. The second-order valence-corrected chi connectivity index (χ2v) is 19.7. The number of nitrogens with zero attached hydrogens (tertiary/aromatic N) is 8. The molecule has 68 heavy (non-hydrogen) atoms. The molecule has 2 aromatic heterocycles. The Bertz CT molecular complexity index is 2350. The fraction of sp³-hybridized carbons (Fsp3) is 0.547. The number of benzene rings is 3. The molecular formula is C53H71N11O4. The van der Waals surface area contributed by atoms with Crippen molar-refractivity contribution in [2.24, 2.45) is 11.8 Å². The zero-order valence-corrected chi connectivity index (χ0v) is 40.2. The molecule has 0 bridgehead atoms. The van der Waals surface area contributed by atoms with Gasteiger partial charge in [-0.3, -0.25) is 14.5 Å². The summed E-state index contributed by atoms with van der Waals surface area (Å²) in [5.74, 6) is -0.572. The van der Waals surface area contributed by atoms with E-state index < -0.39 is 5.92 Å². The predicted molar refractivity (Wildman–Crippen MR) is 265 cm³/mol. The SMILES string of the molecule is CNc1ccc(NC(=O)[C@@H](CC[C@H](C[C@H]2CC[C@@H]([C@H](C)C(=O)NC3CCCC3)O2)n2cc(CN3CCN(c4ccccc4)CC3)nn2)[C@@H]2CC[C@H](C[C@@H](C)n3cc(-c4ccccc4)nn3)O2)cc1. The zero-order chi connectivity index (χ0) is 46.8. The second kappa shape index (κ2) is 22.6. The first-order chi connectivity index (χ1) is 33.2. The lowest BCUT2D eigenvalue weighted by Crippen LogP contribution is -2.46. The number of carbonyl (C=O) groups is 2. The van der Waals surface area contributed by atoms with E-state index in [4.69, 9.17) is 19.8 Å². The highest BCUT2D eigenvalue weighted by molar-refractivity contribution is 5.93. The predicted octanol–water partition coefficient (Wildman–Crippen LogP) is 8.31. The van der Waals surface area contributed by atoms with Crippen LogP contribution in [0.1, 0.15) is 109 Å². The number of hydrogen-bond donors (Lipinski definition) is 3. The van der Waals surface area contributed by atoms with Crippen LogP contribution in [0.25, 0.3) is 11.3 Å². The van der Waals surface area contributed by atoms with Crippen molar-refractivity contribution < 1.29 is 19.1 Å². The molecule has 15 heteroatoms. The summed E-state index contributed by atoms with van der Waals surface area (Å²) >= 11 is 0. The number of hydrogen-bond acceptors (Lipinski definition) is 11. The summed E-state index contributed by atoms with van der Waals surface area (Å²) in [5, 5.41) is 28.2. The van der Waals surface area contributed by atoms with Gasteiger partial charge >= 0.3 is 0 Å². The summed E-state index contributed by atoms with van der Waals surface area (Å²) in [7, 11) is 1.89. The van der Waals surface area contributed by atoms with Gasteiger partial charge in [0.15, 0.2) is 0 Å². The summed E-state index contributed by atoms with van der Waals surface area (Å²) < 4.78 is 17.6. The highest BCUT2D eigenvalue weighted by Gasteiger charge is 2.39. The van der Waals surface area contributed by atoms with E-state index in [1.165, 1.54) is 18.5 Å². The number of nitrogens with one attached hydrogen (secondary N) is 3. The minimum absolute atomic E-state index is 0.0236. The molecule has 3 N–H and O–H groups in total. The van der Waals surface area contributed by atoms with Crippen LogP contribution >= 0.6 is 0 Å². The van der Waals surface area contributed by atoms with E-state index in [1.54, 1.807) is 0 Å². The molecule has 9 rings (SSSR count). The maximum absolute atomic E-state index is 14.5. The number of anilines is 3. The van der Waals surface area contributed by atoms with E-state index in [9.17, 15) is 9.59 Å². The van der Waals surface area contributed by atoms with Crippen molar-refractivity contribution in [3.05, 3.63) is 103 Å². The Balaban J connectivity index is 0.891. The Morgan fingerprint density at radius 2 is 1.35 bits per heavy atom. The van der Waals surface area contributed by atoms with Crippen LogP contribution in [0.4, 0.5) is 17.1 Å². The van der Waals surface area contributed by atoms with E-state index in [1.807, 2.05) is 84.1 Å². The van der Waals surface area contributed by atoms with Gasteiger partial charge in [-0.25, -0.2) is 9.36 Å². The molecule has 1 aliphatic carbocycles. The lowest BCUT2D eigenvalue weighted by atomic mass is 9.90. The first-order valence-electron chi connectivity index (χ1n) is 25.3. The molecule has 5 aromatic rings. The smallest absolute Gasteiger partial charge is 0.230 e. The minimum atomic E-state index is -0.404. The third-order valence-electron chi connectivity index (χ3n) is 15.0. The molecule has 8 atom stereocenters. The van der Waals surface area contributed by atoms with Crippen molar-refractivity contribution in [1.82, 2.24) is 40.2 Å². The standard InChI is InChI=1S/C53H71N11O4/c1-37(63-36-49(58-60-63)39-12-6-4-7-13-39)32-46-24-27-51(68-46)48(53(66)56-42-20-18-40(54-3)19-21-42)25-22-45(33-47-23-26-50(67-47)38(2)52(65)55-41-14-10-11-15-41)64-35-43(57-59-64)34-61-28-30-62(31-29-61)44-16-8-5-9-17-44/h4-9,12-13,16-21,35-38,41,45-48,50-51,54H,10-11,14-15,22-34H2,1-3H3,(H,55,65)(H,56,66)/t37-,38+,45-,46-,47-,48+,50+,51+/m1/s1. The summed E-state index contributed by atoms with van der Waals surface area (Å²) in [6.07, 6.45) is 14.2. The van der Waals surface area contributed by atoms with Crippen molar-refractivity contribution in [2.45, 2.75) is 140 Å². The lowest BCUT2D eigenvalue weighted by Gasteiger charge is -2.35. The van der Waals surface area contributed by atoms with Crippen LogP contribution in [0.15, 0.2) is 97.3 Å². The largest absolute Gasteiger partial charge is 0.388 e. The molecule has 0 radical (unpaired) electrons. The molecule has 0 unspecified atom stereocenters. The maximum atomic E-state index is 14.5. The summed E-state index contributed by atoms with van der Waals surface area (Å²) in [4.78, 5) is 32.8. The average molecular weight is 926 g/mol. The van der Waals surface area contributed by atoms with E-state index in [-0.39, 0.29) is 60.3 Å². The van der Waals surface area contributed by atoms with Crippen LogP contribution in [-0.2, 0) is 25.6 Å². The molecule has 4 aliphatic rings. The van der Waals surface area contributed by atoms with Gasteiger partial charge in [0, 0.05) is 68.4 Å². The second-order valence-electron chi connectivity index (χ2n) is 19.7. The normalized spacial score (nSPS) is 23.0. The number of rotatable bonds is 20. The monoisotopic (exact) mass is 926 g/mol. The number of para-hydroxylation sites is 1. The molecule has 3 saturated heterocycles. The van der Waals surface area contributed by atoms with Gasteiger partial charge in [0.25, 0.3) is 0 Å². The highest BCUT2D eigenvalue weighted by atomic mass is 16.5. The molecule has 0 spiro atoms. The Hall–Kier alpha value is -5.64. The molecule has 3 aromatic carbocycles. The lowest BCUT2D eigenvalue weighted by molar-refractivity contribution is -0.130. The molecule has 2 amide bonds. The maximum Gasteiger partial charge on any atom is 0.230 e. The van der Waals surface area contributed by atoms with E-state index >= 15 is 0 Å². The highest BCUT2D eigenvalue weighted by Crippen LogP contribution is 2.37. The summed E-state index contributed by atoms with van der Waals surface area (Å²) in [6.45, 7) is 8.69. The number of piperazine rings is 1. The third kappa shape index (κ3) is 12.1. The number of ether oxygens (including phenoxy) is 2. The van der Waals surface area contributed by atoms with Crippen molar-refractivity contribution in [2.75, 3.05) is 48.8 Å². The van der Waals surface area contributed by atoms with Crippen molar-refractivity contribution in [1.29, 1.82) is 0 Å². The fourth-order valence-corrected chi connectivity index (χ4v) is 10.8. The van der Waals surface area contributed by atoms with E-state index in [2.05, 4.69) is 79.5 Å². The molecular weight excluding hydrogens is 855 g/mol. The van der Waals surface area contributed by atoms with Gasteiger partial charge < -0.3 is 30.3 Å². The summed E-state index contributed by atoms with van der Waals surface area (Å²) in [5.41, 5.74) is 5.80. The van der Waals surface area contributed by atoms with Crippen LogP contribution in [0.2, 0.25) is 0 Å². The number of amides is 2. The topological polar surface area (TPSA) is 157 Å². The van der Waals surface area contributed by atoms with Crippen molar-refractivity contribution in [3.8, 4) is 11.3 Å². The molecule has 362 valence electrons. The van der Waals surface area contributed by atoms with Gasteiger partial charge in [-0.05, 0) is 108 Å². The Morgan fingerprint density at radius 1 is 0.691 bits per heavy atom. The minimum Gasteiger partial charge on any atom is -0.388 e. The van der Waals surface area contributed by atoms with Crippen molar-refractivity contribution >= 4 is 28.9 Å². The fourth-order valence-electron chi connectivity index (χ4n) is 10.8. The molecule has 15 nitrogen and oxygen atoms in total. The van der Waals surface area contributed by atoms with Crippen LogP contribution in [0.5, 0.6) is 0 Å². The van der Waals surface area contributed by atoms with E-state index in [0.717, 1.165) is 106 Å². The Labute approximate surface area is 401 Å². The van der Waals surface area contributed by atoms with Gasteiger partial charge in [0.2, 0.25) is 11.8 Å². The third-order valence-corrected chi connectivity index (χ3v) is 15.0. The summed E-state index contributed by atoms with van der Waals surface area (Å²) in [6, 6.07) is 28.8. The van der Waals surface area contributed by atoms with Gasteiger partial charge in [-0.2, -0.15) is 0 Å². The average Bonchev–Trinajstić information content (AvgIpc) is 4.25. The van der Waals surface area contributed by atoms with Gasteiger partial charge in [-0.15, -0.1) is 10.2 Å². The van der Waals surface area contributed by atoms with Gasteiger partial charge in [0.1, 0.15) is 5.69 Å².